The summed E-state index contributed by atoms with van der Waals surface area (Å²) in [7, 11) is -1.78. The van der Waals surface area contributed by atoms with Crippen LogP contribution in [0, 0.1) is 0 Å². The standard InChI is InChI=1S/C14H13N3O2S2/c1-17-8-7-15-14(17)21(18,19)10-12-9-16-13(20-12)11-5-3-2-4-6-11/h2-9H,10H2,1H3. The van der Waals surface area contributed by atoms with Gasteiger partial charge in [0, 0.05) is 36.1 Å². The number of aromatic nitrogens is 3. The molecule has 0 radical (unpaired) electrons. The van der Waals surface area contributed by atoms with Crippen LogP contribution in [-0.2, 0) is 22.6 Å². The van der Waals surface area contributed by atoms with E-state index in [1.165, 1.54) is 22.1 Å². The Morgan fingerprint density at radius 3 is 2.62 bits per heavy atom. The number of sulfone groups is 1. The summed E-state index contributed by atoms with van der Waals surface area (Å²) in [4.78, 5) is 8.91. The lowest BCUT2D eigenvalue weighted by Gasteiger charge is -2.01. The summed E-state index contributed by atoms with van der Waals surface area (Å²) in [5.74, 6) is -0.0810. The quantitative estimate of drug-likeness (QED) is 0.741. The number of imidazole rings is 1. The Balaban J connectivity index is 1.87. The van der Waals surface area contributed by atoms with Gasteiger partial charge in [-0.3, -0.25) is 0 Å². The Kier molecular flexibility index (Phi) is 3.60. The largest absolute Gasteiger partial charge is 0.325 e. The molecular weight excluding hydrogens is 306 g/mol. The van der Waals surface area contributed by atoms with Gasteiger partial charge in [-0.05, 0) is 0 Å². The van der Waals surface area contributed by atoms with Crippen LogP contribution in [0.2, 0.25) is 0 Å². The molecule has 0 fully saturated rings. The fraction of sp³-hybridized carbons (Fsp3) is 0.143. The number of rotatable bonds is 4. The second-order valence-electron chi connectivity index (χ2n) is 4.58. The molecule has 7 heteroatoms. The highest BCUT2D eigenvalue weighted by Crippen LogP contribution is 2.27. The summed E-state index contributed by atoms with van der Waals surface area (Å²) in [6.07, 6.45) is 4.72. The highest BCUT2D eigenvalue weighted by atomic mass is 32.2. The van der Waals surface area contributed by atoms with E-state index in [4.69, 9.17) is 0 Å². The van der Waals surface area contributed by atoms with Gasteiger partial charge in [0.25, 0.3) is 0 Å². The van der Waals surface area contributed by atoms with Gasteiger partial charge < -0.3 is 4.57 Å². The smallest absolute Gasteiger partial charge is 0.227 e. The van der Waals surface area contributed by atoms with E-state index in [-0.39, 0.29) is 10.9 Å². The monoisotopic (exact) mass is 319 g/mol. The summed E-state index contributed by atoms with van der Waals surface area (Å²) in [5, 5.41) is 0.901. The Labute approximate surface area is 126 Å². The van der Waals surface area contributed by atoms with Crippen LogP contribution in [0.1, 0.15) is 4.88 Å². The predicted octanol–water partition coefficient (Wildman–Crippen LogP) is 2.52. The molecule has 0 aliphatic heterocycles. The number of nitrogens with zero attached hydrogens (tertiary/aromatic N) is 3. The van der Waals surface area contributed by atoms with E-state index in [1.807, 2.05) is 30.3 Å². The van der Waals surface area contributed by atoms with Crippen molar-refractivity contribution >= 4 is 21.2 Å². The molecule has 2 aromatic heterocycles. The molecular formula is C14H13N3O2S2. The van der Waals surface area contributed by atoms with Crippen LogP contribution in [0.3, 0.4) is 0 Å². The molecule has 108 valence electrons. The van der Waals surface area contributed by atoms with Crippen LogP contribution in [-0.4, -0.2) is 23.0 Å². The maximum Gasteiger partial charge on any atom is 0.227 e. The van der Waals surface area contributed by atoms with Gasteiger partial charge in [-0.15, -0.1) is 11.3 Å². The van der Waals surface area contributed by atoms with Gasteiger partial charge in [0.2, 0.25) is 15.0 Å². The van der Waals surface area contributed by atoms with Gasteiger partial charge in [-0.2, -0.15) is 0 Å². The van der Waals surface area contributed by atoms with Gasteiger partial charge >= 0.3 is 0 Å². The van der Waals surface area contributed by atoms with Crippen LogP contribution >= 0.6 is 11.3 Å². The lowest BCUT2D eigenvalue weighted by Crippen LogP contribution is -2.10. The molecule has 21 heavy (non-hydrogen) atoms. The van der Waals surface area contributed by atoms with Crippen molar-refractivity contribution in [2.75, 3.05) is 0 Å². The summed E-state index contributed by atoms with van der Waals surface area (Å²) in [6.45, 7) is 0. The van der Waals surface area contributed by atoms with Crippen molar-refractivity contribution in [3.63, 3.8) is 0 Å². The Morgan fingerprint density at radius 2 is 1.95 bits per heavy atom. The predicted molar refractivity (Wildman–Crippen MR) is 81.6 cm³/mol. The molecule has 2 heterocycles. The first-order chi connectivity index (χ1) is 10.1. The second kappa shape index (κ2) is 5.42. The van der Waals surface area contributed by atoms with E-state index in [0.717, 1.165) is 10.6 Å². The fourth-order valence-electron chi connectivity index (χ4n) is 1.99. The van der Waals surface area contributed by atoms with E-state index >= 15 is 0 Å². The molecule has 5 nitrogen and oxygen atoms in total. The molecule has 0 unspecified atom stereocenters. The van der Waals surface area contributed by atoms with Crippen molar-refractivity contribution in [1.29, 1.82) is 0 Å². The summed E-state index contributed by atoms with van der Waals surface area (Å²) in [5.41, 5.74) is 0.989. The highest BCUT2D eigenvalue weighted by molar-refractivity contribution is 7.90. The Hall–Kier alpha value is -1.99. The van der Waals surface area contributed by atoms with Crippen LogP contribution in [0.15, 0.2) is 54.1 Å². The SMILES string of the molecule is Cn1ccnc1S(=O)(=O)Cc1cnc(-c2ccccc2)s1. The topological polar surface area (TPSA) is 64.8 Å². The van der Waals surface area contributed by atoms with E-state index in [2.05, 4.69) is 9.97 Å². The summed E-state index contributed by atoms with van der Waals surface area (Å²) < 4.78 is 26.2. The zero-order chi connectivity index (χ0) is 14.9. The minimum Gasteiger partial charge on any atom is -0.325 e. The molecule has 1 aromatic carbocycles. The first-order valence-corrected chi connectivity index (χ1v) is 8.73. The summed E-state index contributed by atoms with van der Waals surface area (Å²) >= 11 is 1.39. The zero-order valence-corrected chi connectivity index (χ0v) is 12.9. The van der Waals surface area contributed by atoms with Crippen LogP contribution < -0.4 is 0 Å². The third-order valence-electron chi connectivity index (χ3n) is 2.96. The first kappa shape index (κ1) is 14.0. The van der Waals surface area contributed by atoms with Crippen LogP contribution in [0.25, 0.3) is 10.6 Å². The maximum absolute atomic E-state index is 12.3. The molecule has 0 bridgehead atoms. The summed E-state index contributed by atoms with van der Waals surface area (Å²) in [6, 6.07) is 9.71. The molecule has 3 rings (SSSR count). The third kappa shape index (κ3) is 2.88. The number of hydrogen-bond donors (Lipinski definition) is 0. The van der Waals surface area contributed by atoms with Crippen molar-refractivity contribution in [3.05, 3.63) is 53.8 Å². The van der Waals surface area contributed by atoms with Crippen LogP contribution in [0.5, 0.6) is 0 Å². The van der Waals surface area contributed by atoms with Gasteiger partial charge in [0.1, 0.15) is 5.01 Å². The zero-order valence-electron chi connectivity index (χ0n) is 11.3. The molecule has 0 atom stereocenters. The minimum absolute atomic E-state index is 0.0807. The van der Waals surface area contributed by atoms with Crippen molar-refractivity contribution in [1.82, 2.24) is 14.5 Å². The number of aryl methyl sites for hydroxylation is 1. The van der Waals surface area contributed by atoms with E-state index < -0.39 is 9.84 Å². The average molecular weight is 319 g/mol. The Morgan fingerprint density at radius 1 is 1.19 bits per heavy atom. The molecule has 0 saturated heterocycles. The van der Waals surface area contributed by atoms with Gasteiger partial charge in [0.05, 0.1) is 5.75 Å². The second-order valence-corrected chi connectivity index (χ2v) is 7.58. The molecule has 0 amide bonds. The van der Waals surface area contributed by atoms with Gasteiger partial charge in [-0.25, -0.2) is 18.4 Å². The van der Waals surface area contributed by atoms with Gasteiger partial charge in [0.15, 0.2) is 0 Å². The van der Waals surface area contributed by atoms with Crippen molar-refractivity contribution in [2.45, 2.75) is 10.9 Å². The average Bonchev–Trinajstić information content (AvgIpc) is 3.08. The van der Waals surface area contributed by atoms with Crippen LogP contribution in [0.4, 0.5) is 0 Å². The molecule has 3 aromatic rings. The van der Waals surface area contributed by atoms with E-state index in [0.29, 0.717) is 4.88 Å². The number of hydrogen-bond acceptors (Lipinski definition) is 5. The molecule has 0 aliphatic carbocycles. The molecule has 0 aliphatic rings. The maximum atomic E-state index is 12.3. The Bertz CT molecular complexity index is 851. The van der Waals surface area contributed by atoms with Crippen molar-refractivity contribution in [3.8, 4) is 10.6 Å². The minimum atomic E-state index is -3.45. The third-order valence-corrected chi connectivity index (χ3v) is 5.83. The number of thiazole rings is 1. The molecule has 0 spiro atoms. The lowest BCUT2D eigenvalue weighted by molar-refractivity contribution is 0.578. The number of benzene rings is 1. The molecule has 0 saturated carbocycles. The lowest BCUT2D eigenvalue weighted by atomic mass is 10.2. The van der Waals surface area contributed by atoms with Crippen molar-refractivity contribution < 1.29 is 8.42 Å². The normalized spacial score (nSPS) is 11.7. The first-order valence-electron chi connectivity index (χ1n) is 6.26. The van der Waals surface area contributed by atoms with Crippen molar-refractivity contribution in [2.24, 2.45) is 7.05 Å². The van der Waals surface area contributed by atoms with E-state index in [9.17, 15) is 8.42 Å². The van der Waals surface area contributed by atoms with Gasteiger partial charge in [-0.1, -0.05) is 30.3 Å². The molecule has 0 N–H and O–H groups in total. The highest BCUT2D eigenvalue weighted by Gasteiger charge is 2.21. The van der Waals surface area contributed by atoms with E-state index in [1.54, 1.807) is 19.4 Å². The fourth-order valence-corrected chi connectivity index (χ4v) is 4.71.